The van der Waals surface area contributed by atoms with Crippen LogP contribution in [-0.4, -0.2) is 33.7 Å². The molecule has 0 N–H and O–H groups in total. The third kappa shape index (κ3) is 5.24. The van der Waals surface area contributed by atoms with E-state index in [4.69, 9.17) is 13.6 Å². The van der Waals surface area contributed by atoms with Crippen LogP contribution in [0.4, 0.5) is 0 Å². The molecule has 1 saturated heterocycles. The first-order valence-corrected chi connectivity index (χ1v) is 13.1. The van der Waals surface area contributed by atoms with E-state index in [1.54, 1.807) is 0 Å². The predicted molar refractivity (Wildman–Crippen MR) is 125 cm³/mol. The van der Waals surface area contributed by atoms with E-state index < -0.39 is 8.56 Å². The molecular weight excluding hydrogens is 392 g/mol. The second-order valence-electron chi connectivity index (χ2n) is 11.1. The zero-order chi connectivity index (χ0) is 22.7. The van der Waals surface area contributed by atoms with Crippen molar-refractivity contribution in [2.45, 2.75) is 91.2 Å². The van der Waals surface area contributed by atoms with Gasteiger partial charge >= 0.3 is 8.56 Å². The highest BCUT2D eigenvalue weighted by atomic mass is 28.4. The van der Waals surface area contributed by atoms with Crippen molar-refractivity contribution in [2.24, 2.45) is 17.8 Å². The van der Waals surface area contributed by atoms with Gasteiger partial charge in [-0.3, -0.25) is 0 Å². The minimum absolute atomic E-state index is 0.00737. The lowest BCUT2D eigenvalue weighted by atomic mass is 9.85. The summed E-state index contributed by atoms with van der Waals surface area (Å²) in [5.41, 5.74) is 1.17. The van der Waals surface area contributed by atoms with Gasteiger partial charge in [0.25, 0.3) is 0 Å². The minimum atomic E-state index is -2.71. The predicted octanol–water partition coefficient (Wildman–Crippen LogP) is 6.14. The molecule has 0 aliphatic carbocycles. The number of hydrogen-bond acceptors (Lipinski definition) is 4. The highest BCUT2D eigenvalue weighted by Crippen LogP contribution is 2.56. The molecule has 1 fully saturated rings. The van der Waals surface area contributed by atoms with E-state index in [-0.39, 0.29) is 40.0 Å². The summed E-state index contributed by atoms with van der Waals surface area (Å²) in [5, 5.41) is -0.260. The number of carbonyl (C=O) groups excluding carboxylic acids is 1. The molecule has 4 nitrogen and oxygen atoms in total. The summed E-state index contributed by atoms with van der Waals surface area (Å²) in [6.45, 7) is 20.9. The smallest absolute Gasteiger partial charge is 0.349 e. The van der Waals surface area contributed by atoms with Crippen LogP contribution in [0, 0.1) is 17.8 Å². The average Bonchev–Trinajstić information content (AvgIpc) is 2.66. The van der Waals surface area contributed by atoms with Crippen LogP contribution in [0.5, 0.6) is 0 Å². The van der Waals surface area contributed by atoms with E-state index in [9.17, 15) is 4.79 Å². The Morgan fingerprint density at radius 3 is 2.03 bits per heavy atom. The normalized spacial score (nSPS) is 26.8. The van der Waals surface area contributed by atoms with Gasteiger partial charge in [0.15, 0.2) is 0 Å². The third-order valence-corrected chi connectivity index (χ3v) is 11.6. The second kappa shape index (κ2) is 9.64. The molecule has 1 aromatic carbocycles. The van der Waals surface area contributed by atoms with E-state index >= 15 is 0 Å². The Kier molecular flexibility index (Phi) is 8.11. The fourth-order valence-electron chi connectivity index (χ4n) is 4.97. The first kappa shape index (κ1) is 25.2. The van der Waals surface area contributed by atoms with Gasteiger partial charge < -0.3 is 18.4 Å². The second-order valence-corrected chi connectivity index (χ2v) is 15.8. The van der Waals surface area contributed by atoms with Crippen molar-refractivity contribution in [2.75, 3.05) is 6.61 Å². The molecule has 0 bridgehead atoms. The van der Waals surface area contributed by atoms with Crippen LogP contribution in [0.2, 0.25) is 10.1 Å². The third-order valence-electron chi connectivity index (χ3n) is 6.40. The Hall–Kier alpha value is -1.01. The number of carbonyl (C=O) groups is 1. The van der Waals surface area contributed by atoms with Crippen LogP contribution in [0.25, 0.3) is 0 Å². The zero-order valence-electron chi connectivity index (χ0n) is 20.4. The lowest BCUT2D eigenvalue weighted by Gasteiger charge is -2.58. The molecule has 2 rings (SSSR count). The lowest BCUT2D eigenvalue weighted by molar-refractivity contribution is -0.129. The summed E-state index contributed by atoms with van der Waals surface area (Å²) >= 11 is 0. The fraction of sp³-hybridized carbons (Fsp3) is 0.720. The molecule has 0 amide bonds. The van der Waals surface area contributed by atoms with Crippen molar-refractivity contribution in [1.29, 1.82) is 0 Å². The lowest BCUT2D eigenvalue weighted by Crippen LogP contribution is -2.67. The van der Waals surface area contributed by atoms with Crippen molar-refractivity contribution in [1.82, 2.24) is 0 Å². The van der Waals surface area contributed by atoms with Gasteiger partial charge in [-0.2, -0.15) is 0 Å². The van der Waals surface area contributed by atoms with Gasteiger partial charge in [0.1, 0.15) is 6.29 Å². The molecule has 1 aliphatic rings. The van der Waals surface area contributed by atoms with Gasteiger partial charge in [0.2, 0.25) is 0 Å². The molecule has 1 aromatic rings. The molecule has 30 heavy (non-hydrogen) atoms. The first-order valence-electron chi connectivity index (χ1n) is 11.3. The summed E-state index contributed by atoms with van der Waals surface area (Å²) in [4.78, 5) is 11.7. The molecule has 1 aliphatic heterocycles. The SMILES string of the molecule is C[C@@H]1[C@H]([C@H](C)COCc2ccccc2)O[Si](C(C)(C)C)(C(C)(C)C)O[C@@H]1[C@H](C)C=O. The number of hydrogen-bond donors (Lipinski definition) is 0. The first-order chi connectivity index (χ1) is 13.8. The Labute approximate surface area is 184 Å². The van der Waals surface area contributed by atoms with E-state index in [2.05, 4.69) is 67.5 Å². The maximum atomic E-state index is 11.7. The molecule has 0 saturated carbocycles. The summed E-state index contributed by atoms with van der Waals surface area (Å²) in [7, 11) is -2.71. The van der Waals surface area contributed by atoms with Crippen molar-refractivity contribution in [3.05, 3.63) is 35.9 Å². The number of ether oxygens (including phenoxy) is 1. The van der Waals surface area contributed by atoms with Crippen molar-refractivity contribution >= 4 is 14.8 Å². The zero-order valence-corrected chi connectivity index (χ0v) is 21.4. The molecule has 0 aromatic heterocycles. The monoisotopic (exact) mass is 434 g/mol. The maximum Gasteiger partial charge on any atom is 0.349 e. The van der Waals surface area contributed by atoms with Gasteiger partial charge in [-0.05, 0) is 5.56 Å². The van der Waals surface area contributed by atoms with Gasteiger partial charge in [-0.25, -0.2) is 0 Å². The van der Waals surface area contributed by atoms with Crippen LogP contribution in [0.3, 0.4) is 0 Å². The highest BCUT2D eigenvalue weighted by molar-refractivity contribution is 6.73. The van der Waals surface area contributed by atoms with Crippen LogP contribution in [0.15, 0.2) is 30.3 Å². The molecule has 0 spiro atoms. The van der Waals surface area contributed by atoms with Crippen LogP contribution in [0.1, 0.15) is 67.9 Å². The van der Waals surface area contributed by atoms with Crippen LogP contribution >= 0.6 is 0 Å². The van der Waals surface area contributed by atoms with Crippen LogP contribution in [-0.2, 0) is 25.0 Å². The summed E-state index contributed by atoms with van der Waals surface area (Å²) < 4.78 is 20.0. The molecule has 170 valence electrons. The van der Waals surface area contributed by atoms with Gasteiger partial charge in [0, 0.05) is 27.8 Å². The standard InChI is InChI=1S/C25H42O4Si/c1-18(15-26)22-20(3)23(19(2)16-27-17-21-13-11-10-12-14-21)29-30(28-22,24(4,5)6)25(7,8)9/h10-15,18-20,22-23H,16-17H2,1-9H3/t18-,19-,20+,22-,23+/m1/s1. The fourth-order valence-corrected chi connectivity index (χ4v) is 10.3. The molecule has 1 heterocycles. The molecule has 0 unspecified atom stereocenters. The molecule has 5 heteroatoms. The number of benzene rings is 1. The number of aldehydes is 1. The Morgan fingerprint density at radius 2 is 1.53 bits per heavy atom. The van der Waals surface area contributed by atoms with Crippen molar-refractivity contribution in [3.8, 4) is 0 Å². The maximum absolute atomic E-state index is 11.7. The van der Waals surface area contributed by atoms with Gasteiger partial charge in [0.05, 0.1) is 25.4 Å². The molecule has 0 radical (unpaired) electrons. The highest BCUT2D eigenvalue weighted by Gasteiger charge is 2.64. The van der Waals surface area contributed by atoms with Crippen LogP contribution < -0.4 is 0 Å². The van der Waals surface area contributed by atoms with E-state index in [0.717, 1.165) is 6.29 Å². The minimum Gasteiger partial charge on any atom is -0.390 e. The average molecular weight is 435 g/mol. The quantitative estimate of drug-likeness (QED) is 0.382. The van der Waals surface area contributed by atoms with Gasteiger partial charge in [-0.1, -0.05) is 92.6 Å². The van der Waals surface area contributed by atoms with E-state index in [1.807, 2.05) is 25.1 Å². The van der Waals surface area contributed by atoms with E-state index in [1.165, 1.54) is 5.56 Å². The van der Waals surface area contributed by atoms with E-state index in [0.29, 0.717) is 13.2 Å². The molecule has 5 atom stereocenters. The largest absolute Gasteiger partial charge is 0.390 e. The Balaban J connectivity index is 2.27. The Bertz CT molecular complexity index is 663. The summed E-state index contributed by atoms with van der Waals surface area (Å²) in [6.07, 6.45) is 0.889. The molecular formula is C25H42O4Si. The number of rotatable bonds is 7. The van der Waals surface area contributed by atoms with Gasteiger partial charge in [-0.15, -0.1) is 0 Å². The summed E-state index contributed by atoms with van der Waals surface area (Å²) in [6, 6.07) is 10.2. The topological polar surface area (TPSA) is 44.8 Å². The van der Waals surface area contributed by atoms with Crippen molar-refractivity contribution < 1.29 is 18.4 Å². The Morgan fingerprint density at radius 1 is 1.00 bits per heavy atom. The van der Waals surface area contributed by atoms with Crippen molar-refractivity contribution in [3.63, 3.8) is 0 Å². The summed E-state index contributed by atoms with van der Waals surface area (Å²) in [5.74, 6) is 0.150.